The second-order valence-electron chi connectivity index (χ2n) is 11.0. The van der Waals surface area contributed by atoms with Crippen LogP contribution in [-0.4, -0.2) is 75.1 Å². The molecule has 1 aromatic carbocycles. The summed E-state index contributed by atoms with van der Waals surface area (Å²) in [5, 5.41) is 12.6. The van der Waals surface area contributed by atoms with E-state index < -0.39 is 34.8 Å². The average molecular weight is 522 g/mol. The number of nitrogens with one attached hydrogen (secondary N) is 1. The Balaban J connectivity index is 1.74. The SMILES string of the molecule is CN1CCCn2c(-c3cc(F)c(F)cc3F)nc(C(=O)N[C@H](C(=O)N3CCC[C@@H]3CO)C(C)(C)C)c2C1. The molecule has 8 nitrogen and oxygen atoms in total. The normalized spacial score (nSPS) is 19.5. The van der Waals surface area contributed by atoms with Gasteiger partial charge in [0.1, 0.15) is 17.7 Å². The number of imidazole rings is 1. The summed E-state index contributed by atoms with van der Waals surface area (Å²) in [6, 6.07) is 0.0169. The quantitative estimate of drug-likeness (QED) is 0.591. The molecule has 2 N–H and O–H groups in total. The molecule has 0 spiro atoms. The summed E-state index contributed by atoms with van der Waals surface area (Å²) < 4.78 is 44.1. The van der Waals surface area contributed by atoms with Crippen LogP contribution >= 0.6 is 0 Å². The summed E-state index contributed by atoms with van der Waals surface area (Å²) in [5.74, 6) is -4.37. The highest BCUT2D eigenvalue weighted by molar-refractivity contribution is 5.98. The van der Waals surface area contributed by atoms with E-state index in [9.17, 15) is 27.9 Å². The first-order valence-corrected chi connectivity index (χ1v) is 12.6. The maximum absolute atomic E-state index is 14.7. The van der Waals surface area contributed by atoms with Gasteiger partial charge in [-0.05, 0) is 44.3 Å². The van der Waals surface area contributed by atoms with Crippen LogP contribution in [0.15, 0.2) is 12.1 Å². The molecule has 37 heavy (non-hydrogen) atoms. The van der Waals surface area contributed by atoms with Crippen LogP contribution in [0.2, 0.25) is 0 Å². The number of amides is 2. The number of likely N-dealkylation sites (tertiary alicyclic amines) is 1. The van der Waals surface area contributed by atoms with Crippen molar-refractivity contribution in [3.05, 3.63) is 41.0 Å². The average Bonchev–Trinajstić information content (AvgIpc) is 3.39. The minimum Gasteiger partial charge on any atom is -0.394 e. The predicted octanol–water partition coefficient (Wildman–Crippen LogP) is 2.93. The third kappa shape index (κ3) is 5.38. The van der Waals surface area contributed by atoms with Gasteiger partial charge in [-0.1, -0.05) is 20.8 Å². The number of benzene rings is 1. The van der Waals surface area contributed by atoms with Gasteiger partial charge in [-0.25, -0.2) is 18.2 Å². The highest BCUT2D eigenvalue weighted by atomic mass is 19.2. The highest BCUT2D eigenvalue weighted by Gasteiger charge is 2.40. The van der Waals surface area contributed by atoms with Crippen LogP contribution in [0.1, 0.15) is 56.2 Å². The molecule has 2 aliphatic rings. The molecule has 1 fully saturated rings. The lowest BCUT2D eigenvalue weighted by Gasteiger charge is -2.35. The third-order valence-electron chi connectivity index (χ3n) is 7.14. The Bertz CT molecular complexity index is 1190. The Morgan fingerprint density at radius 1 is 1.11 bits per heavy atom. The first-order valence-electron chi connectivity index (χ1n) is 12.6. The summed E-state index contributed by atoms with van der Waals surface area (Å²) in [6.45, 7) is 7.30. The first kappa shape index (κ1) is 27.1. The molecule has 1 aromatic heterocycles. The van der Waals surface area contributed by atoms with E-state index in [1.807, 2.05) is 32.7 Å². The second kappa shape index (κ2) is 10.4. The van der Waals surface area contributed by atoms with Gasteiger partial charge >= 0.3 is 0 Å². The van der Waals surface area contributed by atoms with Crippen molar-refractivity contribution in [3.8, 4) is 11.4 Å². The van der Waals surface area contributed by atoms with Crippen LogP contribution in [-0.2, 0) is 17.9 Å². The van der Waals surface area contributed by atoms with Crippen molar-refractivity contribution in [1.29, 1.82) is 0 Å². The maximum atomic E-state index is 14.7. The molecule has 1 saturated heterocycles. The number of aromatic nitrogens is 2. The lowest BCUT2D eigenvalue weighted by molar-refractivity contribution is -0.137. The number of nitrogens with zero attached hydrogens (tertiary/aromatic N) is 4. The van der Waals surface area contributed by atoms with Crippen LogP contribution < -0.4 is 5.32 Å². The Labute approximate surface area is 214 Å². The summed E-state index contributed by atoms with van der Waals surface area (Å²) in [7, 11) is 1.88. The van der Waals surface area contributed by atoms with E-state index in [2.05, 4.69) is 10.3 Å². The summed E-state index contributed by atoms with van der Waals surface area (Å²) in [6.07, 6.45) is 2.14. The zero-order valence-electron chi connectivity index (χ0n) is 21.7. The molecular formula is C26H34F3N5O3. The smallest absolute Gasteiger partial charge is 0.272 e. The van der Waals surface area contributed by atoms with E-state index >= 15 is 0 Å². The molecule has 3 heterocycles. The van der Waals surface area contributed by atoms with Gasteiger partial charge in [-0.2, -0.15) is 0 Å². The van der Waals surface area contributed by atoms with Crippen LogP contribution in [0.4, 0.5) is 13.2 Å². The van der Waals surface area contributed by atoms with Crippen LogP contribution in [0.5, 0.6) is 0 Å². The van der Waals surface area contributed by atoms with Crippen molar-refractivity contribution >= 4 is 11.8 Å². The van der Waals surface area contributed by atoms with Gasteiger partial charge in [0, 0.05) is 25.7 Å². The highest BCUT2D eigenvalue weighted by Crippen LogP contribution is 2.31. The fourth-order valence-corrected chi connectivity index (χ4v) is 5.13. The van der Waals surface area contributed by atoms with Gasteiger partial charge < -0.3 is 24.8 Å². The molecule has 2 aliphatic heterocycles. The fourth-order valence-electron chi connectivity index (χ4n) is 5.13. The van der Waals surface area contributed by atoms with Gasteiger partial charge in [-0.3, -0.25) is 9.59 Å². The minimum atomic E-state index is -1.31. The molecule has 0 saturated carbocycles. The van der Waals surface area contributed by atoms with Crippen molar-refractivity contribution in [1.82, 2.24) is 24.7 Å². The molecule has 11 heteroatoms. The van der Waals surface area contributed by atoms with Crippen molar-refractivity contribution in [2.75, 3.05) is 26.7 Å². The van der Waals surface area contributed by atoms with E-state index in [-0.39, 0.29) is 35.6 Å². The molecule has 0 unspecified atom stereocenters. The number of fused-ring (bicyclic) bond motifs is 1. The van der Waals surface area contributed by atoms with Crippen molar-refractivity contribution < 1.29 is 27.9 Å². The van der Waals surface area contributed by atoms with E-state index in [0.717, 1.165) is 12.5 Å². The van der Waals surface area contributed by atoms with Gasteiger partial charge in [-0.15, -0.1) is 0 Å². The molecule has 2 amide bonds. The van der Waals surface area contributed by atoms with Crippen LogP contribution in [0.25, 0.3) is 11.4 Å². The second-order valence-corrected chi connectivity index (χ2v) is 11.0. The monoisotopic (exact) mass is 521 g/mol. The van der Waals surface area contributed by atoms with Gasteiger partial charge in [0.2, 0.25) is 5.91 Å². The maximum Gasteiger partial charge on any atom is 0.272 e. The summed E-state index contributed by atoms with van der Waals surface area (Å²) in [4.78, 5) is 35.2. The largest absolute Gasteiger partial charge is 0.394 e. The lowest BCUT2D eigenvalue weighted by Crippen LogP contribution is -2.56. The topological polar surface area (TPSA) is 90.7 Å². The Morgan fingerprint density at radius 3 is 2.49 bits per heavy atom. The number of aliphatic hydroxyl groups excluding tert-OH is 1. The Morgan fingerprint density at radius 2 is 1.81 bits per heavy atom. The Hall–Kier alpha value is -2.92. The lowest BCUT2D eigenvalue weighted by atomic mass is 9.85. The van der Waals surface area contributed by atoms with Gasteiger partial charge in [0.25, 0.3) is 5.91 Å². The number of aliphatic hydroxyl groups is 1. The number of carbonyl (C=O) groups excluding carboxylic acids is 2. The van der Waals surface area contributed by atoms with E-state index in [4.69, 9.17) is 0 Å². The van der Waals surface area contributed by atoms with Crippen molar-refractivity contribution in [3.63, 3.8) is 0 Å². The number of hydrogen-bond donors (Lipinski definition) is 2. The zero-order valence-corrected chi connectivity index (χ0v) is 21.7. The van der Waals surface area contributed by atoms with Gasteiger partial charge in [0.15, 0.2) is 17.3 Å². The number of hydrogen-bond acceptors (Lipinski definition) is 5. The number of halogens is 3. The van der Waals surface area contributed by atoms with E-state index in [1.54, 1.807) is 9.47 Å². The van der Waals surface area contributed by atoms with E-state index in [1.165, 1.54) is 0 Å². The molecule has 4 rings (SSSR count). The summed E-state index contributed by atoms with van der Waals surface area (Å²) in [5.41, 5.74) is -0.381. The molecule has 0 radical (unpaired) electrons. The van der Waals surface area contributed by atoms with Crippen LogP contribution in [0.3, 0.4) is 0 Å². The van der Waals surface area contributed by atoms with E-state index in [0.29, 0.717) is 50.8 Å². The third-order valence-corrected chi connectivity index (χ3v) is 7.14. The Kier molecular flexibility index (Phi) is 7.66. The minimum absolute atomic E-state index is 0.00932. The molecule has 2 atom stereocenters. The molecule has 2 aromatic rings. The molecule has 0 bridgehead atoms. The van der Waals surface area contributed by atoms with Crippen molar-refractivity contribution in [2.45, 2.75) is 65.2 Å². The fraction of sp³-hybridized carbons (Fsp3) is 0.577. The predicted molar refractivity (Wildman–Crippen MR) is 131 cm³/mol. The van der Waals surface area contributed by atoms with Crippen molar-refractivity contribution in [2.24, 2.45) is 5.41 Å². The zero-order chi connectivity index (χ0) is 27.1. The van der Waals surface area contributed by atoms with Gasteiger partial charge in [0.05, 0.1) is 23.9 Å². The molecule has 202 valence electrons. The number of rotatable bonds is 5. The number of carbonyl (C=O) groups is 2. The standard InChI is InChI=1S/C26H34F3N5O3/c1-26(2,3)22(25(37)33-9-5-7-15(33)14-35)31-24(36)21-20-13-32(4)8-6-10-34(20)23(30-21)16-11-18(28)19(29)12-17(16)27/h11-12,15,22,35H,5-10,13-14H2,1-4H3,(H,31,36)/t15-,22-/m1/s1. The summed E-state index contributed by atoms with van der Waals surface area (Å²) >= 11 is 0. The molecular weight excluding hydrogens is 487 g/mol. The van der Waals surface area contributed by atoms with Crippen LogP contribution in [0, 0.1) is 22.9 Å². The first-order chi connectivity index (χ1) is 17.4. The molecule has 0 aliphatic carbocycles.